The highest BCUT2D eigenvalue weighted by molar-refractivity contribution is 5.96. The number of nitro benzene ring substituents is 1. The van der Waals surface area contributed by atoms with E-state index in [-0.39, 0.29) is 36.2 Å². The SMILES string of the molecule is CC(C)(O)CNc1cc2c(cc1[N+](=O)[O-])OCC(=O)N2. The lowest BCUT2D eigenvalue weighted by Crippen LogP contribution is -2.30. The predicted octanol–water partition coefficient (Wildman–Crippen LogP) is 1.11. The summed E-state index contributed by atoms with van der Waals surface area (Å²) in [7, 11) is 0. The quantitative estimate of drug-likeness (QED) is 0.562. The largest absolute Gasteiger partial charge is 0.481 e. The Balaban J connectivity index is 2.35. The van der Waals surface area contributed by atoms with Crippen molar-refractivity contribution < 1.29 is 19.6 Å². The second kappa shape index (κ2) is 4.97. The van der Waals surface area contributed by atoms with Gasteiger partial charge in [-0.05, 0) is 19.9 Å². The fourth-order valence-electron chi connectivity index (χ4n) is 1.72. The minimum Gasteiger partial charge on any atom is -0.481 e. The van der Waals surface area contributed by atoms with Crippen molar-refractivity contribution in [3.05, 3.63) is 22.2 Å². The first-order chi connectivity index (χ1) is 9.26. The number of carbonyl (C=O) groups excluding carboxylic acids is 1. The molecule has 2 rings (SSSR count). The molecule has 8 nitrogen and oxygen atoms in total. The van der Waals surface area contributed by atoms with Crippen LogP contribution in [-0.4, -0.2) is 34.7 Å². The normalized spacial score (nSPS) is 14.1. The van der Waals surface area contributed by atoms with Crippen molar-refractivity contribution in [2.45, 2.75) is 19.4 Å². The number of rotatable bonds is 4. The summed E-state index contributed by atoms with van der Waals surface area (Å²) < 4.78 is 5.13. The molecule has 1 aliphatic rings. The first kappa shape index (κ1) is 14.1. The van der Waals surface area contributed by atoms with Crippen molar-refractivity contribution in [1.29, 1.82) is 0 Å². The highest BCUT2D eigenvalue weighted by Gasteiger charge is 2.24. The lowest BCUT2D eigenvalue weighted by atomic mass is 10.1. The summed E-state index contributed by atoms with van der Waals surface area (Å²) in [6.45, 7) is 3.12. The van der Waals surface area contributed by atoms with Gasteiger partial charge in [0.1, 0.15) is 5.69 Å². The van der Waals surface area contributed by atoms with Gasteiger partial charge in [0.2, 0.25) is 0 Å². The van der Waals surface area contributed by atoms with E-state index in [0.717, 1.165) is 0 Å². The maximum atomic E-state index is 11.2. The highest BCUT2D eigenvalue weighted by Crippen LogP contribution is 2.37. The van der Waals surface area contributed by atoms with Crippen LogP contribution in [0.25, 0.3) is 0 Å². The summed E-state index contributed by atoms with van der Waals surface area (Å²) in [6, 6.07) is 2.68. The standard InChI is InChI=1S/C12H15N3O5/c1-12(2,17)6-13-7-3-8-10(4-9(7)15(18)19)20-5-11(16)14-8/h3-4,13,17H,5-6H2,1-2H3,(H,14,16). The average Bonchev–Trinajstić information content (AvgIpc) is 2.34. The van der Waals surface area contributed by atoms with Crippen LogP contribution in [0.1, 0.15) is 13.8 Å². The molecule has 1 heterocycles. The summed E-state index contributed by atoms with van der Waals surface area (Å²) in [5, 5.41) is 26.1. The highest BCUT2D eigenvalue weighted by atomic mass is 16.6. The molecular weight excluding hydrogens is 266 g/mol. The number of hydrogen-bond donors (Lipinski definition) is 3. The zero-order chi connectivity index (χ0) is 14.9. The average molecular weight is 281 g/mol. The minimum absolute atomic E-state index is 0.126. The number of nitrogens with zero attached hydrogens (tertiary/aromatic N) is 1. The van der Waals surface area contributed by atoms with Crippen LogP contribution in [0.4, 0.5) is 17.1 Å². The van der Waals surface area contributed by atoms with Gasteiger partial charge in [-0.3, -0.25) is 14.9 Å². The Hall–Kier alpha value is -2.35. The molecular formula is C12H15N3O5. The molecule has 0 atom stereocenters. The van der Waals surface area contributed by atoms with Crippen molar-refractivity contribution in [1.82, 2.24) is 0 Å². The lowest BCUT2D eigenvalue weighted by Gasteiger charge is -2.21. The first-order valence-corrected chi connectivity index (χ1v) is 5.97. The number of nitro groups is 1. The van der Waals surface area contributed by atoms with Crippen LogP contribution in [0.15, 0.2) is 12.1 Å². The van der Waals surface area contributed by atoms with Gasteiger partial charge in [0.15, 0.2) is 12.4 Å². The Kier molecular flexibility index (Phi) is 3.49. The first-order valence-electron chi connectivity index (χ1n) is 5.97. The number of nitrogens with one attached hydrogen (secondary N) is 2. The predicted molar refractivity (Wildman–Crippen MR) is 72.0 cm³/mol. The third kappa shape index (κ3) is 3.15. The monoisotopic (exact) mass is 281 g/mol. The maximum absolute atomic E-state index is 11.2. The molecule has 0 aromatic heterocycles. The number of aliphatic hydroxyl groups is 1. The van der Waals surface area contributed by atoms with E-state index in [9.17, 15) is 20.0 Å². The fourth-order valence-corrected chi connectivity index (χ4v) is 1.72. The van der Waals surface area contributed by atoms with E-state index in [1.807, 2.05) is 0 Å². The molecule has 0 saturated carbocycles. The summed E-state index contributed by atoms with van der Waals surface area (Å²) in [5.41, 5.74) is -0.625. The minimum atomic E-state index is -1.02. The molecule has 3 N–H and O–H groups in total. The van der Waals surface area contributed by atoms with Gasteiger partial charge in [0, 0.05) is 6.54 Å². The Morgan fingerprint density at radius 1 is 1.55 bits per heavy atom. The van der Waals surface area contributed by atoms with Crippen molar-refractivity contribution in [3.63, 3.8) is 0 Å². The van der Waals surface area contributed by atoms with Crippen LogP contribution in [0, 0.1) is 10.1 Å². The lowest BCUT2D eigenvalue weighted by molar-refractivity contribution is -0.384. The van der Waals surface area contributed by atoms with E-state index in [2.05, 4.69) is 10.6 Å². The van der Waals surface area contributed by atoms with Gasteiger partial charge in [0.05, 0.1) is 22.3 Å². The van der Waals surface area contributed by atoms with Gasteiger partial charge in [-0.2, -0.15) is 0 Å². The molecule has 0 unspecified atom stereocenters. The molecule has 0 bridgehead atoms. The summed E-state index contributed by atoms with van der Waals surface area (Å²) in [5.74, 6) is -0.0649. The van der Waals surface area contributed by atoms with E-state index in [1.165, 1.54) is 12.1 Å². The van der Waals surface area contributed by atoms with Crippen molar-refractivity contribution in [2.75, 3.05) is 23.8 Å². The van der Waals surface area contributed by atoms with E-state index < -0.39 is 10.5 Å². The summed E-state index contributed by atoms with van der Waals surface area (Å²) >= 11 is 0. The zero-order valence-electron chi connectivity index (χ0n) is 11.1. The van der Waals surface area contributed by atoms with Crippen LogP contribution < -0.4 is 15.4 Å². The number of carbonyl (C=O) groups is 1. The maximum Gasteiger partial charge on any atom is 0.296 e. The topological polar surface area (TPSA) is 114 Å². The van der Waals surface area contributed by atoms with Crippen LogP contribution in [0.2, 0.25) is 0 Å². The van der Waals surface area contributed by atoms with Gasteiger partial charge >= 0.3 is 0 Å². The van der Waals surface area contributed by atoms with Gasteiger partial charge in [-0.25, -0.2) is 0 Å². The smallest absolute Gasteiger partial charge is 0.296 e. The van der Waals surface area contributed by atoms with Crippen molar-refractivity contribution in [2.24, 2.45) is 0 Å². The molecule has 108 valence electrons. The molecule has 0 radical (unpaired) electrons. The molecule has 1 aromatic carbocycles. The molecule has 0 saturated heterocycles. The molecule has 20 heavy (non-hydrogen) atoms. The molecule has 8 heteroatoms. The summed E-state index contributed by atoms with van der Waals surface area (Å²) in [6.07, 6.45) is 0. The Morgan fingerprint density at radius 3 is 2.85 bits per heavy atom. The fraction of sp³-hybridized carbons (Fsp3) is 0.417. The molecule has 0 aliphatic carbocycles. The third-order valence-corrected chi connectivity index (χ3v) is 2.64. The number of anilines is 2. The van der Waals surface area contributed by atoms with Crippen LogP contribution in [0.5, 0.6) is 5.75 Å². The molecule has 1 aromatic rings. The molecule has 0 spiro atoms. The number of ether oxygens (including phenoxy) is 1. The van der Waals surface area contributed by atoms with E-state index in [0.29, 0.717) is 5.69 Å². The van der Waals surface area contributed by atoms with Crippen LogP contribution in [-0.2, 0) is 4.79 Å². The Bertz CT molecular complexity index is 565. The van der Waals surface area contributed by atoms with E-state index in [4.69, 9.17) is 4.74 Å². The Labute approximate surface area is 114 Å². The number of amides is 1. The number of benzene rings is 1. The van der Waals surface area contributed by atoms with Crippen LogP contribution >= 0.6 is 0 Å². The Morgan fingerprint density at radius 2 is 2.25 bits per heavy atom. The van der Waals surface area contributed by atoms with Gasteiger partial charge in [0.25, 0.3) is 11.6 Å². The summed E-state index contributed by atoms with van der Waals surface area (Å²) in [4.78, 5) is 21.8. The zero-order valence-corrected chi connectivity index (χ0v) is 11.1. The number of hydrogen-bond acceptors (Lipinski definition) is 6. The van der Waals surface area contributed by atoms with Crippen LogP contribution in [0.3, 0.4) is 0 Å². The van der Waals surface area contributed by atoms with Crippen molar-refractivity contribution in [3.8, 4) is 5.75 Å². The molecule has 1 aliphatic heterocycles. The second-order valence-corrected chi connectivity index (χ2v) is 5.13. The third-order valence-electron chi connectivity index (χ3n) is 2.64. The van der Waals surface area contributed by atoms with Gasteiger partial charge in [-0.15, -0.1) is 0 Å². The van der Waals surface area contributed by atoms with Gasteiger partial charge in [-0.1, -0.05) is 0 Å². The van der Waals surface area contributed by atoms with Crippen molar-refractivity contribution >= 4 is 23.0 Å². The van der Waals surface area contributed by atoms with Gasteiger partial charge < -0.3 is 20.5 Å². The van der Waals surface area contributed by atoms with E-state index >= 15 is 0 Å². The number of fused-ring (bicyclic) bond motifs is 1. The van der Waals surface area contributed by atoms with E-state index in [1.54, 1.807) is 13.8 Å². The second-order valence-electron chi connectivity index (χ2n) is 5.13. The molecule has 0 fully saturated rings. The molecule has 1 amide bonds.